The van der Waals surface area contributed by atoms with Crippen LogP contribution in [0.1, 0.15) is 53.6 Å². The third-order valence-corrected chi connectivity index (χ3v) is 6.82. The van der Waals surface area contributed by atoms with Gasteiger partial charge in [-0.25, -0.2) is 4.98 Å². The Kier molecular flexibility index (Phi) is 6.60. The van der Waals surface area contributed by atoms with Crippen molar-refractivity contribution in [3.8, 4) is 0 Å². The van der Waals surface area contributed by atoms with Gasteiger partial charge in [0.15, 0.2) is 5.13 Å². The second kappa shape index (κ2) is 9.60. The Morgan fingerprint density at radius 3 is 2.59 bits per heavy atom. The molecular formula is C24H24N4O5S. The molecule has 1 saturated heterocycles. The van der Waals surface area contributed by atoms with Crippen LogP contribution in [0.25, 0.3) is 0 Å². The first-order valence-corrected chi connectivity index (χ1v) is 11.7. The maximum Gasteiger partial charge on any atom is 0.260 e. The predicted molar refractivity (Wildman–Crippen MR) is 127 cm³/mol. The lowest BCUT2D eigenvalue weighted by atomic mass is 9.72. The summed E-state index contributed by atoms with van der Waals surface area (Å²) in [4.78, 5) is 53.1. The summed E-state index contributed by atoms with van der Waals surface area (Å²) < 4.78 is 5.14. The van der Waals surface area contributed by atoms with Crippen molar-refractivity contribution in [3.63, 3.8) is 0 Å². The van der Waals surface area contributed by atoms with E-state index in [1.807, 2.05) is 19.1 Å². The lowest BCUT2D eigenvalue weighted by Crippen LogP contribution is -2.51. The molecule has 3 N–H and O–H groups in total. The standard InChI is InChI=1S/C24H24N4O5S/c1-3-24(10-8-19(29)27-22(24)32)15-4-6-16(7-5-15)25-20(30)12-17-13-34-23(26-17)28-21(31)18-9-11-33-14(18)2/h4-7,9,11,13H,3,8,10,12H2,1-2H3,(H,25,30)(H,26,28,31)(H,27,29,32). The minimum Gasteiger partial charge on any atom is -0.469 e. The summed E-state index contributed by atoms with van der Waals surface area (Å²) in [5.74, 6) is -0.593. The highest BCUT2D eigenvalue weighted by Crippen LogP contribution is 2.36. The molecule has 1 atom stereocenters. The summed E-state index contributed by atoms with van der Waals surface area (Å²) >= 11 is 1.23. The van der Waals surface area contributed by atoms with Crippen molar-refractivity contribution in [3.05, 3.63) is 64.6 Å². The molecule has 3 heterocycles. The van der Waals surface area contributed by atoms with Crippen LogP contribution < -0.4 is 16.0 Å². The van der Waals surface area contributed by atoms with Crippen LogP contribution in [-0.4, -0.2) is 28.6 Å². The molecule has 34 heavy (non-hydrogen) atoms. The van der Waals surface area contributed by atoms with Crippen LogP contribution in [0.2, 0.25) is 0 Å². The number of benzene rings is 1. The zero-order chi connectivity index (χ0) is 24.3. The molecule has 4 amide bonds. The molecule has 0 aliphatic carbocycles. The molecule has 1 fully saturated rings. The fourth-order valence-corrected chi connectivity index (χ4v) is 4.74. The SMILES string of the molecule is CCC1(c2ccc(NC(=O)Cc3csc(NC(=O)c4ccoc4C)n3)cc2)CCC(=O)NC1=O. The number of anilines is 2. The average Bonchev–Trinajstić information content (AvgIpc) is 3.43. The Labute approximate surface area is 200 Å². The smallest absolute Gasteiger partial charge is 0.260 e. The van der Waals surface area contributed by atoms with E-state index in [0.717, 1.165) is 5.56 Å². The van der Waals surface area contributed by atoms with E-state index in [9.17, 15) is 19.2 Å². The number of thiazole rings is 1. The number of imide groups is 1. The van der Waals surface area contributed by atoms with Gasteiger partial charge in [-0.15, -0.1) is 11.3 Å². The fraction of sp³-hybridized carbons (Fsp3) is 0.292. The van der Waals surface area contributed by atoms with E-state index in [1.54, 1.807) is 30.5 Å². The van der Waals surface area contributed by atoms with Gasteiger partial charge >= 0.3 is 0 Å². The van der Waals surface area contributed by atoms with Crippen molar-refractivity contribution >= 4 is 45.8 Å². The molecule has 3 aromatic rings. The van der Waals surface area contributed by atoms with Gasteiger partial charge in [-0.1, -0.05) is 19.1 Å². The number of carbonyl (C=O) groups excluding carboxylic acids is 4. The Morgan fingerprint density at radius 2 is 1.94 bits per heavy atom. The van der Waals surface area contributed by atoms with Gasteiger partial charge in [0.05, 0.1) is 29.4 Å². The minimum absolute atomic E-state index is 0.0439. The van der Waals surface area contributed by atoms with E-state index < -0.39 is 5.41 Å². The van der Waals surface area contributed by atoms with Gasteiger partial charge in [-0.05, 0) is 43.5 Å². The lowest BCUT2D eigenvalue weighted by Gasteiger charge is -2.35. The number of rotatable bonds is 7. The largest absolute Gasteiger partial charge is 0.469 e. The Balaban J connectivity index is 1.36. The van der Waals surface area contributed by atoms with Crippen molar-refractivity contribution < 1.29 is 23.6 Å². The van der Waals surface area contributed by atoms with E-state index in [0.29, 0.717) is 47.1 Å². The van der Waals surface area contributed by atoms with Crippen LogP contribution in [-0.2, 0) is 26.2 Å². The first-order valence-electron chi connectivity index (χ1n) is 10.9. The highest BCUT2D eigenvalue weighted by molar-refractivity contribution is 7.14. The number of piperidine rings is 1. The number of nitrogens with one attached hydrogen (secondary N) is 3. The molecule has 176 valence electrons. The molecule has 0 bridgehead atoms. The van der Waals surface area contributed by atoms with Gasteiger partial charge in [0.1, 0.15) is 5.76 Å². The molecule has 1 aliphatic rings. The van der Waals surface area contributed by atoms with Crippen molar-refractivity contribution in [1.29, 1.82) is 0 Å². The summed E-state index contributed by atoms with van der Waals surface area (Å²) in [6.07, 6.45) is 2.82. The van der Waals surface area contributed by atoms with E-state index in [4.69, 9.17) is 4.42 Å². The number of aryl methyl sites for hydroxylation is 1. The van der Waals surface area contributed by atoms with Gasteiger partial charge in [0.25, 0.3) is 5.91 Å². The molecule has 4 rings (SSSR count). The molecule has 2 aromatic heterocycles. The highest BCUT2D eigenvalue weighted by Gasteiger charge is 2.42. The maximum atomic E-state index is 12.5. The number of carbonyl (C=O) groups is 4. The maximum absolute atomic E-state index is 12.5. The van der Waals surface area contributed by atoms with E-state index in [2.05, 4.69) is 20.9 Å². The van der Waals surface area contributed by atoms with Crippen LogP contribution in [0.15, 0.2) is 46.4 Å². The molecule has 1 aromatic carbocycles. The zero-order valence-electron chi connectivity index (χ0n) is 18.8. The molecule has 0 spiro atoms. The molecular weight excluding hydrogens is 456 g/mol. The van der Waals surface area contributed by atoms with Crippen LogP contribution in [0.4, 0.5) is 10.8 Å². The molecule has 0 radical (unpaired) electrons. The van der Waals surface area contributed by atoms with Gasteiger partial charge in [0.2, 0.25) is 17.7 Å². The second-order valence-electron chi connectivity index (χ2n) is 8.10. The number of nitrogens with zero attached hydrogens (tertiary/aromatic N) is 1. The van der Waals surface area contributed by atoms with Gasteiger partial charge in [-0.3, -0.25) is 29.8 Å². The van der Waals surface area contributed by atoms with Gasteiger partial charge < -0.3 is 9.73 Å². The van der Waals surface area contributed by atoms with Crippen LogP contribution in [0.3, 0.4) is 0 Å². The summed E-state index contributed by atoms with van der Waals surface area (Å²) in [6.45, 7) is 3.62. The highest BCUT2D eigenvalue weighted by atomic mass is 32.1. The Morgan fingerprint density at radius 1 is 1.18 bits per heavy atom. The average molecular weight is 481 g/mol. The zero-order valence-corrected chi connectivity index (χ0v) is 19.6. The van der Waals surface area contributed by atoms with Crippen molar-refractivity contribution in [2.45, 2.75) is 44.9 Å². The summed E-state index contributed by atoms with van der Waals surface area (Å²) in [7, 11) is 0. The van der Waals surface area contributed by atoms with Crippen LogP contribution in [0.5, 0.6) is 0 Å². The molecule has 1 aliphatic heterocycles. The second-order valence-corrected chi connectivity index (χ2v) is 8.96. The molecule has 1 unspecified atom stereocenters. The van der Waals surface area contributed by atoms with Crippen molar-refractivity contribution in [2.24, 2.45) is 0 Å². The first-order chi connectivity index (χ1) is 16.3. The number of hydrogen-bond acceptors (Lipinski definition) is 7. The third kappa shape index (κ3) is 4.76. The van der Waals surface area contributed by atoms with Crippen LogP contribution in [0, 0.1) is 6.92 Å². The summed E-state index contributed by atoms with van der Waals surface area (Å²) in [5, 5.41) is 10.1. The summed E-state index contributed by atoms with van der Waals surface area (Å²) in [5.41, 5.74) is 1.62. The van der Waals surface area contributed by atoms with Crippen LogP contribution >= 0.6 is 11.3 Å². The lowest BCUT2D eigenvalue weighted by molar-refractivity contribution is -0.138. The number of furan rings is 1. The molecule has 9 nitrogen and oxygen atoms in total. The van der Waals surface area contributed by atoms with E-state index in [-0.39, 0.29) is 30.0 Å². The predicted octanol–water partition coefficient (Wildman–Crippen LogP) is 3.56. The summed E-state index contributed by atoms with van der Waals surface area (Å²) in [6, 6.07) is 8.69. The number of hydrogen-bond donors (Lipinski definition) is 3. The van der Waals surface area contributed by atoms with Gasteiger partial charge in [-0.2, -0.15) is 0 Å². The minimum atomic E-state index is -0.743. The molecule has 10 heteroatoms. The van der Waals surface area contributed by atoms with Gasteiger partial charge in [0, 0.05) is 17.5 Å². The Bertz CT molecular complexity index is 1250. The topological polar surface area (TPSA) is 130 Å². The first kappa shape index (κ1) is 23.4. The van der Waals surface area contributed by atoms with E-state index >= 15 is 0 Å². The number of amides is 4. The van der Waals surface area contributed by atoms with Crippen molar-refractivity contribution in [2.75, 3.05) is 10.6 Å². The fourth-order valence-electron chi connectivity index (χ4n) is 4.04. The monoisotopic (exact) mass is 480 g/mol. The molecule has 0 saturated carbocycles. The van der Waals surface area contributed by atoms with Crippen molar-refractivity contribution in [1.82, 2.24) is 10.3 Å². The Hall–Kier alpha value is -3.79. The quantitative estimate of drug-likeness (QED) is 0.443. The van der Waals surface area contributed by atoms with E-state index in [1.165, 1.54) is 17.6 Å². The normalized spacial score (nSPS) is 17.8. The number of aromatic nitrogens is 1. The third-order valence-electron chi connectivity index (χ3n) is 6.01.